The summed E-state index contributed by atoms with van der Waals surface area (Å²) in [5, 5.41) is 1.37. The predicted octanol–water partition coefficient (Wildman–Crippen LogP) is 6.78. The minimum Gasteiger partial charge on any atom is -0.497 e. The van der Waals surface area contributed by atoms with Crippen LogP contribution in [0.3, 0.4) is 0 Å². The molecule has 2 aromatic carbocycles. The van der Waals surface area contributed by atoms with Crippen molar-refractivity contribution in [3.05, 3.63) is 64.3 Å². The highest BCUT2D eigenvalue weighted by Gasteiger charge is 2.22. The lowest BCUT2D eigenvalue weighted by Gasteiger charge is -2.24. The number of nitrogens with zero attached hydrogens (tertiary/aromatic N) is 2. The number of ether oxygens (including phenoxy) is 2. The monoisotopic (exact) mass is 540 g/mol. The lowest BCUT2D eigenvalue weighted by Crippen LogP contribution is -2.32. The van der Waals surface area contributed by atoms with Crippen molar-refractivity contribution in [2.75, 3.05) is 33.4 Å². The zero-order valence-electron chi connectivity index (χ0n) is 23.6. The average molecular weight is 541 g/mol. The van der Waals surface area contributed by atoms with Gasteiger partial charge in [-0.15, -0.1) is 0 Å². The first-order valence-corrected chi connectivity index (χ1v) is 13.8. The zero-order valence-corrected chi connectivity index (χ0v) is 24.3. The SMILES string of the molecule is COc1ccc2c(c1)c(CC(=O)OCCN(CCC(C)C)CCC(C)C)c(C)n2C(=O)c1ccc(Cl)cc1. The van der Waals surface area contributed by atoms with Crippen molar-refractivity contribution in [1.29, 1.82) is 0 Å². The molecule has 0 spiro atoms. The fourth-order valence-corrected chi connectivity index (χ4v) is 4.62. The van der Waals surface area contributed by atoms with E-state index in [0.29, 0.717) is 40.5 Å². The van der Waals surface area contributed by atoms with E-state index in [1.165, 1.54) is 0 Å². The first kappa shape index (κ1) is 29.7. The Morgan fingerprint density at radius 1 is 0.947 bits per heavy atom. The van der Waals surface area contributed by atoms with Crippen molar-refractivity contribution in [3.63, 3.8) is 0 Å². The van der Waals surface area contributed by atoms with Crippen molar-refractivity contribution >= 4 is 34.4 Å². The van der Waals surface area contributed by atoms with Gasteiger partial charge in [0.15, 0.2) is 0 Å². The van der Waals surface area contributed by atoms with Gasteiger partial charge in [-0.05, 0) is 92.7 Å². The Morgan fingerprint density at radius 2 is 1.58 bits per heavy atom. The second kappa shape index (κ2) is 13.8. The molecule has 1 heterocycles. The highest BCUT2D eigenvalue weighted by molar-refractivity contribution is 6.30. The van der Waals surface area contributed by atoms with Crippen LogP contribution >= 0.6 is 11.6 Å². The molecule has 0 fully saturated rings. The van der Waals surface area contributed by atoms with Gasteiger partial charge >= 0.3 is 5.97 Å². The molecule has 0 aliphatic heterocycles. The predicted molar refractivity (Wildman–Crippen MR) is 154 cm³/mol. The molecule has 6 nitrogen and oxygen atoms in total. The Balaban J connectivity index is 1.78. The van der Waals surface area contributed by atoms with Crippen LogP contribution in [0.5, 0.6) is 5.75 Å². The van der Waals surface area contributed by atoms with Crippen molar-refractivity contribution in [1.82, 2.24) is 9.47 Å². The second-order valence-corrected chi connectivity index (χ2v) is 11.1. The topological polar surface area (TPSA) is 60.8 Å². The molecular weight excluding hydrogens is 500 g/mol. The first-order valence-electron chi connectivity index (χ1n) is 13.5. The van der Waals surface area contributed by atoms with E-state index in [4.69, 9.17) is 21.1 Å². The van der Waals surface area contributed by atoms with Crippen molar-refractivity contribution in [3.8, 4) is 5.75 Å². The van der Waals surface area contributed by atoms with E-state index in [9.17, 15) is 9.59 Å². The third-order valence-electron chi connectivity index (χ3n) is 6.87. The van der Waals surface area contributed by atoms with Gasteiger partial charge in [0.2, 0.25) is 0 Å². The summed E-state index contributed by atoms with van der Waals surface area (Å²) in [5.74, 6) is 1.44. The number of benzene rings is 2. The Kier molecular flexibility index (Phi) is 10.8. The highest BCUT2D eigenvalue weighted by Crippen LogP contribution is 2.31. The van der Waals surface area contributed by atoms with E-state index in [0.717, 1.165) is 48.9 Å². The summed E-state index contributed by atoms with van der Waals surface area (Å²) in [5.41, 5.74) is 2.71. The normalized spacial score (nSPS) is 11.6. The number of halogens is 1. The molecule has 0 saturated heterocycles. The van der Waals surface area contributed by atoms with Gasteiger partial charge in [-0.3, -0.25) is 19.1 Å². The highest BCUT2D eigenvalue weighted by atomic mass is 35.5. The van der Waals surface area contributed by atoms with Gasteiger partial charge in [-0.25, -0.2) is 0 Å². The molecule has 7 heteroatoms. The van der Waals surface area contributed by atoms with Gasteiger partial charge in [0, 0.05) is 28.2 Å². The van der Waals surface area contributed by atoms with Gasteiger partial charge in [0.25, 0.3) is 5.91 Å². The zero-order chi connectivity index (χ0) is 27.8. The van der Waals surface area contributed by atoms with Crippen LogP contribution in [0.1, 0.15) is 62.2 Å². The molecule has 206 valence electrons. The quantitative estimate of drug-likeness (QED) is 0.224. The number of methoxy groups -OCH3 is 1. The van der Waals surface area contributed by atoms with Crippen LogP contribution in [0.15, 0.2) is 42.5 Å². The van der Waals surface area contributed by atoms with E-state index in [-0.39, 0.29) is 18.3 Å². The maximum Gasteiger partial charge on any atom is 0.310 e. The maximum atomic E-state index is 13.5. The fourth-order valence-electron chi connectivity index (χ4n) is 4.50. The molecule has 0 unspecified atom stereocenters. The smallest absolute Gasteiger partial charge is 0.310 e. The number of carbonyl (C=O) groups is 2. The molecule has 0 amide bonds. The number of aromatic nitrogens is 1. The van der Waals surface area contributed by atoms with E-state index < -0.39 is 0 Å². The van der Waals surface area contributed by atoms with E-state index in [2.05, 4.69) is 32.6 Å². The van der Waals surface area contributed by atoms with E-state index >= 15 is 0 Å². The summed E-state index contributed by atoms with van der Waals surface area (Å²) < 4.78 is 12.8. The second-order valence-electron chi connectivity index (χ2n) is 10.7. The van der Waals surface area contributed by atoms with Gasteiger partial charge in [-0.1, -0.05) is 39.3 Å². The molecule has 3 rings (SSSR count). The third-order valence-corrected chi connectivity index (χ3v) is 7.13. The summed E-state index contributed by atoms with van der Waals surface area (Å²) in [6.45, 7) is 13.8. The van der Waals surface area contributed by atoms with E-state index in [1.807, 2.05) is 25.1 Å². The van der Waals surface area contributed by atoms with Crippen LogP contribution < -0.4 is 4.74 Å². The summed E-state index contributed by atoms with van der Waals surface area (Å²) >= 11 is 6.02. The molecule has 0 aliphatic rings. The standard InChI is InChI=1S/C31H41ClN2O4/c1-21(2)13-15-33(16-14-22(3)4)17-18-38-30(35)20-27-23(5)34(29-12-11-26(37-6)19-28(27)29)31(36)24-7-9-25(32)10-8-24/h7-12,19,21-22H,13-18,20H2,1-6H3. The van der Waals surface area contributed by atoms with E-state index in [1.54, 1.807) is 35.9 Å². The number of rotatable bonds is 13. The van der Waals surface area contributed by atoms with Crippen LogP contribution in [-0.4, -0.2) is 54.7 Å². The Hall–Kier alpha value is -2.83. The van der Waals surface area contributed by atoms with Gasteiger partial charge < -0.3 is 9.47 Å². The van der Waals surface area contributed by atoms with Crippen LogP contribution in [0, 0.1) is 18.8 Å². The van der Waals surface area contributed by atoms with Crippen LogP contribution in [0.4, 0.5) is 0 Å². The fraction of sp³-hybridized carbons (Fsp3) is 0.484. The van der Waals surface area contributed by atoms with Crippen LogP contribution in [0.2, 0.25) is 5.02 Å². The molecule has 0 bridgehead atoms. The molecule has 3 aromatic rings. The molecule has 0 radical (unpaired) electrons. The molecule has 0 saturated carbocycles. The molecule has 0 N–H and O–H groups in total. The first-order chi connectivity index (χ1) is 18.1. The molecule has 0 atom stereocenters. The van der Waals surface area contributed by atoms with Crippen molar-refractivity contribution in [2.24, 2.45) is 11.8 Å². The van der Waals surface area contributed by atoms with Crippen LogP contribution in [0.25, 0.3) is 10.9 Å². The Morgan fingerprint density at radius 3 is 2.16 bits per heavy atom. The van der Waals surface area contributed by atoms with Crippen molar-refractivity contribution < 1.29 is 19.1 Å². The molecule has 1 aromatic heterocycles. The maximum absolute atomic E-state index is 13.5. The summed E-state index contributed by atoms with van der Waals surface area (Å²) in [6.07, 6.45) is 2.32. The number of hydrogen-bond acceptors (Lipinski definition) is 5. The molecular formula is C31H41ClN2O4. The molecule has 0 aliphatic carbocycles. The number of carbonyl (C=O) groups excluding carboxylic acids is 2. The Bertz CT molecular complexity index is 1220. The van der Waals surface area contributed by atoms with Gasteiger partial charge in [-0.2, -0.15) is 0 Å². The van der Waals surface area contributed by atoms with Gasteiger partial charge in [0.1, 0.15) is 12.4 Å². The largest absolute Gasteiger partial charge is 0.497 e. The summed E-state index contributed by atoms with van der Waals surface area (Å²) in [4.78, 5) is 28.8. The average Bonchev–Trinajstić information content (AvgIpc) is 3.15. The summed E-state index contributed by atoms with van der Waals surface area (Å²) in [6, 6.07) is 12.3. The van der Waals surface area contributed by atoms with Crippen molar-refractivity contribution in [2.45, 2.75) is 53.9 Å². The number of fused-ring (bicyclic) bond motifs is 1. The number of esters is 1. The lowest BCUT2D eigenvalue weighted by atomic mass is 10.1. The lowest BCUT2D eigenvalue weighted by molar-refractivity contribution is -0.143. The Labute approximate surface area is 231 Å². The van der Waals surface area contributed by atoms with Gasteiger partial charge in [0.05, 0.1) is 19.0 Å². The minimum atomic E-state index is -0.304. The third kappa shape index (κ3) is 7.84. The van der Waals surface area contributed by atoms with Crippen LogP contribution in [-0.2, 0) is 16.0 Å². The molecule has 38 heavy (non-hydrogen) atoms. The minimum absolute atomic E-state index is 0.0778. The number of hydrogen-bond donors (Lipinski definition) is 0. The summed E-state index contributed by atoms with van der Waals surface area (Å²) in [7, 11) is 1.60.